The van der Waals surface area contributed by atoms with Crippen molar-refractivity contribution < 1.29 is 9.53 Å². The van der Waals surface area contributed by atoms with Crippen LogP contribution in [-0.2, 0) is 22.6 Å². The van der Waals surface area contributed by atoms with Crippen LogP contribution in [0.2, 0.25) is 0 Å². The van der Waals surface area contributed by atoms with E-state index in [1.807, 2.05) is 35.4 Å². The van der Waals surface area contributed by atoms with Gasteiger partial charge in [-0.1, -0.05) is 6.07 Å². The number of rotatable bonds is 6. The highest BCUT2D eigenvalue weighted by molar-refractivity contribution is 7.09. The van der Waals surface area contributed by atoms with E-state index >= 15 is 0 Å². The van der Waals surface area contributed by atoms with Crippen LogP contribution in [0.5, 0.6) is 0 Å². The van der Waals surface area contributed by atoms with E-state index in [0.717, 1.165) is 19.6 Å². The summed E-state index contributed by atoms with van der Waals surface area (Å²) in [7, 11) is 1.86. The number of morpholine rings is 1. The summed E-state index contributed by atoms with van der Waals surface area (Å²) in [6.07, 6.45) is 3.78. The molecule has 2 aromatic rings. The molecule has 0 aromatic carbocycles. The first-order chi connectivity index (χ1) is 11.2. The second kappa shape index (κ2) is 7.72. The Balaban J connectivity index is 1.47. The van der Waals surface area contributed by atoms with E-state index in [9.17, 15) is 4.79 Å². The van der Waals surface area contributed by atoms with E-state index in [2.05, 4.69) is 16.1 Å². The second-order valence-electron chi connectivity index (χ2n) is 5.79. The zero-order valence-electron chi connectivity index (χ0n) is 13.3. The van der Waals surface area contributed by atoms with Crippen LogP contribution < -0.4 is 0 Å². The van der Waals surface area contributed by atoms with Crippen LogP contribution in [0.4, 0.5) is 0 Å². The maximum absolute atomic E-state index is 12.4. The molecular formula is C16H22N4O2S. The predicted octanol–water partition coefficient (Wildman–Crippen LogP) is 1.30. The second-order valence-corrected chi connectivity index (χ2v) is 6.82. The first-order valence-corrected chi connectivity index (χ1v) is 8.66. The van der Waals surface area contributed by atoms with Gasteiger partial charge in [0.15, 0.2) is 0 Å². The third kappa shape index (κ3) is 4.63. The van der Waals surface area contributed by atoms with Crippen molar-refractivity contribution in [3.63, 3.8) is 0 Å². The van der Waals surface area contributed by atoms with Crippen LogP contribution in [-0.4, -0.2) is 64.9 Å². The molecule has 0 radical (unpaired) electrons. The SMILES string of the molecule is CN(Cc1cccs1)C(=O)CN1CCOC(Cn2cccn2)C1. The lowest BCUT2D eigenvalue weighted by Gasteiger charge is -2.33. The van der Waals surface area contributed by atoms with Crippen LogP contribution in [0.3, 0.4) is 0 Å². The molecule has 0 bridgehead atoms. The molecule has 23 heavy (non-hydrogen) atoms. The highest BCUT2D eigenvalue weighted by atomic mass is 32.1. The molecule has 2 aromatic heterocycles. The Labute approximate surface area is 140 Å². The molecule has 124 valence electrons. The summed E-state index contributed by atoms with van der Waals surface area (Å²) in [5.41, 5.74) is 0. The van der Waals surface area contributed by atoms with E-state index in [1.54, 1.807) is 22.4 Å². The Morgan fingerprint density at radius 2 is 2.43 bits per heavy atom. The Bertz CT molecular complexity index is 600. The van der Waals surface area contributed by atoms with E-state index in [1.165, 1.54) is 4.88 Å². The van der Waals surface area contributed by atoms with Gasteiger partial charge in [-0.3, -0.25) is 14.4 Å². The lowest BCUT2D eigenvalue weighted by Crippen LogP contribution is -2.48. The number of amides is 1. The quantitative estimate of drug-likeness (QED) is 0.799. The van der Waals surface area contributed by atoms with Crippen LogP contribution >= 0.6 is 11.3 Å². The maximum atomic E-state index is 12.4. The zero-order chi connectivity index (χ0) is 16.1. The molecule has 0 spiro atoms. The summed E-state index contributed by atoms with van der Waals surface area (Å²) in [6.45, 7) is 4.07. The minimum Gasteiger partial charge on any atom is -0.374 e. The number of hydrogen-bond acceptors (Lipinski definition) is 5. The molecule has 1 aliphatic heterocycles. The molecule has 1 atom stereocenters. The van der Waals surface area contributed by atoms with Crippen molar-refractivity contribution in [2.24, 2.45) is 0 Å². The van der Waals surface area contributed by atoms with Crippen LogP contribution in [0.1, 0.15) is 4.88 Å². The lowest BCUT2D eigenvalue weighted by molar-refractivity contribution is -0.133. The smallest absolute Gasteiger partial charge is 0.236 e. The normalized spacial score (nSPS) is 18.9. The highest BCUT2D eigenvalue weighted by Gasteiger charge is 2.23. The summed E-state index contributed by atoms with van der Waals surface area (Å²) in [6, 6.07) is 5.98. The first-order valence-electron chi connectivity index (χ1n) is 7.78. The van der Waals surface area contributed by atoms with E-state index in [0.29, 0.717) is 19.7 Å². The van der Waals surface area contributed by atoms with Gasteiger partial charge < -0.3 is 9.64 Å². The molecule has 6 nitrogen and oxygen atoms in total. The van der Waals surface area contributed by atoms with Crippen LogP contribution in [0, 0.1) is 0 Å². The third-order valence-corrected chi connectivity index (χ3v) is 4.79. The third-order valence-electron chi connectivity index (χ3n) is 3.93. The van der Waals surface area contributed by atoms with E-state index < -0.39 is 0 Å². The molecule has 1 saturated heterocycles. The summed E-state index contributed by atoms with van der Waals surface area (Å²) in [5.74, 6) is 0.151. The zero-order valence-corrected chi connectivity index (χ0v) is 14.1. The number of aromatic nitrogens is 2. The first kappa shape index (κ1) is 16.2. The maximum Gasteiger partial charge on any atom is 0.236 e. The van der Waals surface area contributed by atoms with E-state index in [-0.39, 0.29) is 12.0 Å². The van der Waals surface area contributed by atoms with Crippen molar-refractivity contribution in [1.29, 1.82) is 0 Å². The van der Waals surface area contributed by atoms with Gasteiger partial charge >= 0.3 is 0 Å². The van der Waals surface area contributed by atoms with Gasteiger partial charge in [0.2, 0.25) is 5.91 Å². The number of hydrogen-bond donors (Lipinski definition) is 0. The van der Waals surface area contributed by atoms with E-state index in [4.69, 9.17) is 4.74 Å². The lowest BCUT2D eigenvalue weighted by atomic mass is 10.2. The number of nitrogens with zero attached hydrogens (tertiary/aromatic N) is 4. The number of thiophene rings is 1. The Morgan fingerprint density at radius 3 is 3.17 bits per heavy atom. The van der Waals surface area contributed by atoms with Crippen LogP contribution in [0.15, 0.2) is 36.0 Å². The minimum atomic E-state index is 0.0825. The van der Waals surface area contributed by atoms with Gasteiger partial charge in [-0.15, -0.1) is 11.3 Å². The number of carbonyl (C=O) groups excluding carboxylic acids is 1. The molecule has 3 heterocycles. The molecule has 3 rings (SSSR count). The molecule has 7 heteroatoms. The van der Waals surface area contributed by atoms with Gasteiger partial charge in [0, 0.05) is 37.4 Å². The average molecular weight is 334 g/mol. The number of carbonyl (C=O) groups is 1. The number of ether oxygens (including phenoxy) is 1. The fourth-order valence-corrected chi connectivity index (χ4v) is 3.45. The molecule has 1 unspecified atom stereocenters. The van der Waals surface area contributed by atoms with Crippen molar-refractivity contribution in [3.8, 4) is 0 Å². The molecule has 0 N–H and O–H groups in total. The topological polar surface area (TPSA) is 50.6 Å². The van der Waals surface area contributed by atoms with Crippen molar-refractivity contribution in [3.05, 3.63) is 40.8 Å². The molecule has 0 aliphatic carbocycles. The summed E-state index contributed by atoms with van der Waals surface area (Å²) in [5, 5.41) is 6.25. The number of likely N-dealkylation sites (N-methyl/N-ethyl adjacent to an activating group) is 1. The Hall–Kier alpha value is -1.70. The van der Waals surface area contributed by atoms with Gasteiger partial charge in [-0.05, 0) is 17.5 Å². The molecule has 1 aliphatic rings. The van der Waals surface area contributed by atoms with Crippen molar-refractivity contribution in [2.75, 3.05) is 33.3 Å². The fraction of sp³-hybridized carbons (Fsp3) is 0.500. The summed E-state index contributed by atoms with van der Waals surface area (Å²) < 4.78 is 7.66. The molecular weight excluding hydrogens is 312 g/mol. The summed E-state index contributed by atoms with van der Waals surface area (Å²) in [4.78, 5) is 17.6. The molecule has 1 amide bonds. The Kier molecular flexibility index (Phi) is 5.43. The molecule has 1 fully saturated rings. The standard InChI is InChI=1S/C16H22N4O2S/c1-18(12-15-4-2-9-23-15)16(21)13-19-7-8-22-14(10-19)11-20-6-3-5-17-20/h2-6,9,14H,7-8,10-13H2,1H3. The van der Waals surface area contributed by atoms with Gasteiger partial charge in [-0.25, -0.2) is 0 Å². The predicted molar refractivity (Wildman–Crippen MR) is 89.2 cm³/mol. The van der Waals surface area contributed by atoms with Crippen molar-refractivity contribution in [2.45, 2.75) is 19.2 Å². The minimum absolute atomic E-state index is 0.0825. The fourth-order valence-electron chi connectivity index (χ4n) is 2.69. The molecule has 0 saturated carbocycles. The van der Waals surface area contributed by atoms with Gasteiger partial charge in [0.25, 0.3) is 0 Å². The average Bonchev–Trinajstić information content (AvgIpc) is 3.21. The van der Waals surface area contributed by atoms with Gasteiger partial charge in [-0.2, -0.15) is 5.10 Å². The monoisotopic (exact) mass is 334 g/mol. The van der Waals surface area contributed by atoms with Crippen LogP contribution in [0.25, 0.3) is 0 Å². The largest absolute Gasteiger partial charge is 0.374 e. The van der Waals surface area contributed by atoms with Gasteiger partial charge in [0.1, 0.15) is 0 Å². The summed E-state index contributed by atoms with van der Waals surface area (Å²) >= 11 is 1.68. The van der Waals surface area contributed by atoms with Gasteiger partial charge in [0.05, 0.1) is 32.3 Å². The van der Waals surface area contributed by atoms with Crippen molar-refractivity contribution >= 4 is 17.2 Å². The van der Waals surface area contributed by atoms with Crippen molar-refractivity contribution in [1.82, 2.24) is 19.6 Å². The highest BCUT2D eigenvalue weighted by Crippen LogP contribution is 2.12. The Morgan fingerprint density at radius 1 is 1.52 bits per heavy atom.